The maximum Gasteiger partial charge on any atom is 0.344 e. The van der Waals surface area contributed by atoms with Crippen molar-refractivity contribution in [2.75, 3.05) is 0 Å². The fourth-order valence-electron chi connectivity index (χ4n) is 2.04. The second-order valence-corrected chi connectivity index (χ2v) is 5.25. The van der Waals surface area contributed by atoms with E-state index in [4.69, 9.17) is 4.42 Å². The predicted octanol–water partition coefficient (Wildman–Crippen LogP) is 3.63. The minimum atomic E-state index is -0.527. The van der Waals surface area contributed by atoms with E-state index in [9.17, 15) is 15.0 Å². The Morgan fingerprint density at radius 1 is 1.05 bits per heavy atom. The highest BCUT2D eigenvalue weighted by atomic mass is 79.9. The van der Waals surface area contributed by atoms with Crippen LogP contribution in [0.3, 0.4) is 0 Å². The lowest BCUT2D eigenvalue weighted by Crippen LogP contribution is -2.02. The summed E-state index contributed by atoms with van der Waals surface area (Å²) in [5.41, 5.74) is 0.647. The van der Waals surface area contributed by atoms with Gasteiger partial charge in [-0.2, -0.15) is 0 Å². The molecule has 0 aliphatic carbocycles. The third kappa shape index (κ3) is 2.16. The number of benzene rings is 2. The zero-order chi connectivity index (χ0) is 14.3. The first-order valence-electron chi connectivity index (χ1n) is 5.80. The summed E-state index contributed by atoms with van der Waals surface area (Å²) in [6, 6.07) is 11.3. The molecule has 0 saturated heterocycles. The number of rotatable bonds is 1. The fourth-order valence-corrected chi connectivity index (χ4v) is 2.44. The molecule has 0 bridgehead atoms. The zero-order valence-corrected chi connectivity index (χ0v) is 11.7. The van der Waals surface area contributed by atoms with Crippen LogP contribution in [0.4, 0.5) is 0 Å². The van der Waals surface area contributed by atoms with E-state index in [1.807, 2.05) is 6.07 Å². The maximum absolute atomic E-state index is 12.0. The van der Waals surface area contributed by atoms with Crippen molar-refractivity contribution in [1.82, 2.24) is 0 Å². The van der Waals surface area contributed by atoms with Crippen molar-refractivity contribution < 1.29 is 14.6 Å². The molecule has 0 spiro atoms. The van der Waals surface area contributed by atoms with Crippen LogP contribution in [-0.2, 0) is 0 Å². The summed E-state index contributed by atoms with van der Waals surface area (Å²) in [5.74, 6) is -0.298. The molecule has 0 saturated carbocycles. The van der Waals surface area contributed by atoms with Gasteiger partial charge in [0.05, 0.1) is 10.9 Å². The first kappa shape index (κ1) is 12.7. The highest BCUT2D eigenvalue weighted by molar-refractivity contribution is 9.10. The molecule has 100 valence electrons. The lowest BCUT2D eigenvalue weighted by Gasteiger charge is -2.05. The molecule has 2 aromatic carbocycles. The monoisotopic (exact) mass is 332 g/mol. The molecule has 2 N–H and O–H groups in total. The molecule has 20 heavy (non-hydrogen) atoms. The molecular weight excluding hydrogens is 324 g/mol. The Balaban J connectivity index is 2.33. The van der Waals surface area contributed by atoms with E-state index in [2.05, 4.69) is 15.9 Å². The van der Waals surface area contributed by atoms with Crippen molar-refractivity contribution in [1.29, 1.82) is 0 Å². The zero-order valence-electron chi connectivity index (χ0n) is 10.1. The first-order valence-corrected chi connectivity index (χ1v) is 6.59. The number of fused-ring (bicyclic) bond motifs is 1. The van der Waals surface area contributed by atoms with Gasteiger partial charge in [0.1, 0.15) is 17.1 Å². The van der Waals surface area contributed by atoms with Crippen molar-refractivity contribution in [3.63, 3.8) is 0 Å². The van der Waals surface area contributed by atoms with E-state index >= 15 is 0 Å². The number of hydrogen-bond acceptors (Lipinski definition) is 4. The molecule has 0 atom stereocenters. The highest BCUT2D eigenvalue weighted by Crippen LogP contribution is 2.31. The first-order chi connectivity index (χ1) is 9.54. The Morgan fingerprint density at radius 2 is 1.85 bits per heavy atom. The lowest BCUT2D eigenvalue weighted by molar-refractivity contribution is 0.451. The van der Waals surface area contributed by atoms with Crippen molar-refractivity contribution in [3.05, 3.63) is 57.4 Å². The molecule has 0 radical (unpaired) electrons. The topological polar surface area (TPSA) is 70.7 Å². The number of halogens is 1. The van der Waals surface area contributed by atoms with Crippen molar-refractivity contribution in [2.45, 2.75) is 0 Å². The molecule has 3 rings (SSSR count). The van der Waals surface area contributed by atoms with E-state index in [1.54, 1.807) is 24.3 Å². The van der Waals surface area contributed by atoms with Gasteiger partial charge < -0.3 is 14.6 Å². The average molecular weight is 333 g/mol. The van der Waals surface area contributed by atoms with Gasteiger partial charge in [-0.15, -0.1) is 0 Å². The van der Waals surface area contributed by atoms with Gasteiger partial charge in [0.15, 0.2) is 0 Å². The molecule has 1 heterocycles. The summed E-state index contributed by atoms with van der Waals surface area (Å²) in [6.45, 7) is 0. The summed E-state index contributed by atoms with van der Waals surface area (Å²) in [7, 11) is 0. The predicted molar refractivity (Wildman–Crippen MR) is 78.9 cm³/mol. The van der Waals surface area contributed by atoms with Crippen LogP contribution in [-0.4, -0.2) is 10.2 Å². The van der Waals surface area contributed by atoms with Gasteiger partial charge in [-0.25, -0.2) is 4.79 Å². The van der Waals surface area contributed by atoms with E-state index < -0.39 is 5.63 Å². The van der Waals surface area contributed by atoms with E-state index in [0.29, 0.717) is 16.5 Å². The van der Waals surface area contributed by atoms with Gasteiger partial charge in [0, 0.05) is 16.6 Å². The van der Waals surface area contributed by atoms with Crippen LogP contribution in [0.15, 0.2) is 56.1 Å². The number of hydrogen-bond donors (Lipinski definition) is 2. The smallest absolute Gasteiger partial charge is 0.344 e. The summed E-state index contributed by atoms with van der Waals surface area (Å²) >= 11 is 3.34. The van der Waals surface area contributed by atoms with Crippen LogP contribution < -0.4 is 5.63 Å². The Labute approximate surface area is 122 Å². The average Bonchev–Trinajstić information content (AvgIpc) is 2.37. The molecule has 1 aromatic heterocycles. The minimum Gasteiger partial charge on any atom is -0.508 e. The van der Waals surface area contributed by atoms with Crippen LogP contribution in [0.1, 0.15) is 0 Å². The number of phenols is 2. The highest BCUT2D eigenvalue weighted by Gasteiger charge is 2.11. The van der Waals surface area contributed by atoms with Gasteiger partial charge >= 0.3 is 5.63 Å². The Hall–Kier alpha value is -2.27. The third-order valence-electron chi connectivity index (χ3n) is 2.95. The minimum absolute atomic E-state index is 0.139. The Morgan fingerprint density at radius 3 is 2.60 bits per heavy atom. The summed E-state index contributed by atoms with van der Waals surface area (Å²) in [6.07, 6.45) is 0. The Bertz CT molecular complexity index is 867. The normalized spacial score (nSPS) is 10.8. The molecule has 3 aromatic rings. The lowest BCUT2D eigenvalue weighted by atomic mass is 10.1. The van der Waals surface area contributed by atoms with Crippen LogP contribution in [0, 0.1) is 0 Å². The van der Waals surface area contributed by atoms with Gasteiger partial charge in [0.2, 0.25) is 0 Å². The fraction of sp³-hybridized carbons (Fsp3) is 0. The molecule has 5 heteroatoms. The van der Waals surface area contributed by atoms with Crippen LogP contribution in [0.2, 0.25) is 0 Å². The van der Waals surface area contributed by atoms with Gasteiger partial charge in [-0.1, -0.05) is 28.1 Å². The molecule has 0 fully saturated rings. The van der Waals surface area contributed by atoms with Crippen LogP contribution in [0.5, 0.6) is 11.5 Å². The molecule has 0 aliphatic heterocycles. The standard InChI is InChI=1S/C15H9BrO4/c16-9-3-1-2-8(4-9)11-7-12-13(18)5-10(17)6-14(12)20-15(11)19/h1-7,17-18H. The van der Waals surface area contributed by atoms with Crippen LogP contribution in [0.25, 0.3) is 22.1 Å². The molecule has 0 amide bonds. The quantitative estimate of drug-likeness (QED) is 0.667. The van der Waals surface area contributed by atoms with E-state index in [0.717, 1.165) is 4.47 Å². The summed E-state index contributed by atoms with van der Waals surface area (Å²) < 4.78 is 6.00. The maximum atomic E-state index is 12.0. The second kappa shape index (κ2) is 4.68. The van der Waals surface area contributed by atoms with Crippen molar-refractivity contribution in [2.24, 2.45) is 0 Å². The molecule has 0 unspecified atom stereocenters. The van der Waals surface area contributed by atoms with Gasteiger partial charge in [-0.3, -0.25) is 0 Å². The Kier molecular flexibility index (Phi) is 2.99. The van der Waals surface area contributed by atoms with E-state index in [1.165, 1.54) is 12.1 Å². The van der Waals surface area contributed by atoms with E-state index in [-0.39, 0.29) is 17.1 Å². The molecule has 4 nitrogen and oxygen atoms in total. The van der Waals surface area contributed by atoms with Gasteiger partial charge in [-0.05, 0) is 23.8 Å². The molecular formula is C15H9BrO4. The van der Waals surface area contributed by atoms with Crippen molar-refractivity contribution >= 4 is 26.9 Å². The van der Waals surface area contributed by atoms with Crippen molar-refractivity contribution in [3.8, 4) is 22.6 Å². The third-order valence-corrected chi connectivity index (χ3v) is 3.45. The van der Waals surface area contributed by atoms with Crippen LogP contribution >= 0.6 is 15.9 Å². The van der Waals surface area contributed by atoms with Gasteiger partial charge in [0.25, 0.3) is 0 Å². The SMILES string of the molecule is O=c1oc2cc(O)cc(O)c2cc1-c1cccc(Br)c1. The molecule has 0 aliphatic rings. The number of phenolic OH excluding ortho intramolecular Hbond substituents is 2. The largest absolute Gasteiger partial charge is 0.508 e. The second-order valence-electron chi connectivity index (χ2n) is 4.33. The summed E-state index contributed by atoms with van der Waals surface area (Å²) in [4.78, 5) is 12.0. The summed E-state index contributed by atoms with van der Waals surface area (Å²) in [5, 5.41) is 19.6. The number of aromatic hydroxyl groups is 2.